The van der Waals surface area contributed by atoms with Crippen LogP contribution in [0.3, 0.4) is 0 Å². The van der Waals surface area contributed by atoms with Crippen LogP contribution < -0.4 is 11.1 Å². The summed E-state index contributed by atoms with van der Waals surface area (Å²) in [5.41, 5.74) is 6.68. The van der Waals surface area contributed by atoms with Gasteiger partial charge in [0.1, 0.15) is 0 Å². The summed E-state index contributed by atoms with van der Waals surface area (Å²) in [6, 6.07) is 8.03. The second kappa shape index (κ2) is 6.40. The first-order chi connectivity index (χ1) is 9.16. The van der Waals surface area contributed by atoms with E-state index in [0.717, 1.165) is 17.9 Å². The lowest BCUT2D eigenvalue weighted by Crippen LogP contribution is -2.44. The average molecular weight is 281 g/mol. The number of hydrogen-bond donors (Lipinski definition) is 2. The van der Waals surface area contributed by atoms with Gasteiger partial charge in [-0.25, -0.2) is 0 Å². The first-order valence-corrected chi connectivity index (χ1v) is 7.27. The van der Waals surface area contributed by atoms with E-state index in [2.05, 4.69) is 17.4 Å². The molecule has 19 heavy (non-hydrogen) atoms. The molecule has 2 rings (SSSR count). The van der Waals surface area contributed by atoms with Crippen LogP contribution in [0.4, 0.5) is 0 Å². The van der Waals surface area contributed by atoms with Gasteiger partial charge < -0.3 is 11.1 Å². The summed E-state index contributed by atoms with van der Waals surface area (Å²) in [6.45, 7) is 0.724. The molecule has 0 aliphatic heterocycles. The lowest BCUT2D eigenvalue weighted by atomic mass is 9.69. The predicted octanol–water partition coefficient (Wildman–Crippen LogP) is 2.62. The third-order valence-electron chi connectivity index (χ3n) is 4.08. The van der Waals surface area contributed by atoms with Crippen LogP contribution in [0.15, 0.2) is 24.3 Å². The predicted molar refractivity (Wildman–Crippen MR) is 78.3 cm³/mol. The second-order valence-electron chi connectivity index (χ2n) is 5.33. The Hall–Kier alpha value is -1.06. The Morgan fingerprint density at radius 3 is 2.42 bits per heavy atom. The molecule has 1 aliphatic carbocycles. The van der Waals surface area contributed by atoms with E-state index >= 15 is 0 Å². The minimum Gasteiger partial charge on any atom is -0.354 e. The minimum atomic E-state index is -0.0843. The molecule has 0 saturated heterocycles. The van der Waals surface area contributed by atoms with Crippen LogP contribution in [0.25, 0.3) is 0 Å². The Labute approximate surface area is 119 Å². The molecule has 1 fully saturated rings. The van der Waals surface area contributed by atoms with Gasteiger partial charge in [-0.3, -0.25) is 4.79 Å². The van der Waals surface area contributed by atoms with Gasteiger partial charge in [0, 0.05) is 17.0 Å². The molecule has 1 aromatic rings. The van der Waals surface area contributed by atoms with Gasteiger partial charge in [-0.1, -0.05) is 43.0 Å². The van der Waals surface area contributed by atoms with Gasteiger partial charge in [0.25, 0.3) is 0 Å². The van der Waals surface area contributed by atoms with Gasteiger partial charge in [-0.2, -0.15) is 0 Å². The van der Waals surface area contributed by atoms with Crippen molar-refractivity contribution in [1.82, 2.24) is 5.32 Å². The normalized spacial score (nSPS) is 18.0. The molecule has 1 aliphatic rings. The number of halogens is 1. The summed E-state index contributed by atoms with van der Waals surface area (Å²) < 4.78 is 0. The highest BCUT2D eigenvalue weighted by molar-refractivity contribution is 6.30. The number of rotatable bonds is 4. The number of carbonyl (C=O) groups is 1. The Bertz CT molecular complexity index is 424. The SMILES string of the molecule is NCC(=O)NCC1(c2ccc(Cl)cc2)CCCCC1. The standard InChI is InChI=1S/C15H21ClN2O/c16-13-6-4-12(5-7-13)15(8-2-1-3-9-15)11-18-14(19)10-17/h4-7H,1-3,8-11,17H2,(H,18,19). The van der Waals surface area contributed by atoms with Gasteiger partial charge in [0.2, 0.25) is 5.91 Å². The van der Waals surface area contributed by atoms with Crippen molar-refractivity contribution in [2.45, 2.75) is 37.5 Å². The largest absolute Gasteiger partial charge is 0.354 e. The van der Waals surface area contributed by atoms with Crippen molar-refractivity contribution in [2.75, 3.05) is 13.1 Å². The molecule has 104 valence electrons. The molecule has 0 heterocycles. The summed E-state index contributed by atoms with van der Waals surface area (Å²) in [7, 11) is 0. The molecule has 3 nitrogen and oxygen atoms in total. The smallest absolute Gasteiger partial charge is 0.233 e. The maximum Gasteiger partial charge on any atom is 0.233 e. The molecule has 1 saturated carbocycles. The maximum atomic E-state index is 11.4. The Morgan fingerprint density at radius 2 is 1.84 bits per heavy atom. The highest BCUT2D eigenvalue weighted by Crippen LogP contribution is 2.39. The zero-order chi connectivity index (χ0) is 13.7. The van der Waals surface area contributed by atoms with Crippen LogP contribution in [-0.2, 0) is 10.2 Å². The van der Waals surface area contributed by atoms with E-state index in [4.69, 9.17) is 17.3 Å². The van der Waals surface area contributed by atoms with E-state index in [1.54, 1.807) is 0 Å². The van der Waals surface area contributed by atoms with Gasteiger partial charge in [-0.05, 0) is 30.5 Å². The van der Waals surface area contributed by atoms with Gasteiger partial charge in [0.05, 0.1) is 6.54 Å². The van der Waals surface area contributed by atoms with E-state index in [0.29, 0.717) is 6.54 Å². The Kier molecular flexibility index (Phi) is 4.83. The van der Waals surface area contributed by atoms with Crippen molar-refractivity contribution in [1.29, 1.82) is 0 Å². The summed E-state index contributed by atoms with van der Waals surface area (Å²) in [5.74, 6) is -0.0843. The molecule has 3 N–H and O–H groups in total. The summed E-state index contributed by atoms with van der Waals surface area (Å²) in [5, 5.41) is 3.71. The van der Waals surface area contributed by atoms with Crippen molar-refractivity contribution in [3.63, 3.8) is 0 Å². The van der Waals surface area contributed by atoms with E-state index in [-0.39, 0.29) is 17.9 Å². The number of nitrogens with two attached hydrogens (primary N) is 1. The van der Waals surface area contributed by atoms with E-state index < -0.39 is 0 Å². The fourth-order valence-electron chi connectivity index (χ4n) is 2.94. The molecule has 4 heteroatoms. The van der Waals surface area contributed by atoms with Crippen LogP contribution in [0, 0.1) is 0 Å². The van der Waals surface area contributed by atoms with Gasteiger partial charge in [-0.15, -0.1) is 0 Å². The van der Waals surface area contributed by atoms with Crippen LogP contribution in [0.2, 0.25) is 5.02 Å². The third-order valence-corrected chi connectivity index (χ3v) is 4.33. The topological polar surface area (TPSA) is 55.1 Å². The van der Waals surface area contributed by atoms with E-state index in [1.807, 2.05) is 12.1 Å². The number of benzene rings is 1. The summed E-state index contributed by atoms with van der Waals surface area (Å²) >= 11 is 5.96. The zero-order valence-electron chi connectivity index (χ0n) is 11.1. The molecule has 1 aromatic carbocycles. The van der Waals surface area contributed by atoms with Crippen LogP contribution >= 0.6 is 11.6 Å². The number of nitrogens with one attached hydrogen (secondary N) is 1. The number of hydrogen-bond acceptors (Lipinski definition) is 2. The fraction of sp³-hybridized carbons (Fsp3) is 0.533. The molecular weight excluding hydrogens is 260 g/mol. The fourth-order valence-corrected chi connectivity index (χ4v) is 3.07. The molecule has 0 radical (unpaired) electrons. The van der Waals surface area contributed by atoms with Crippen LogP contribution in [0.1, 0.15) is 37.7 Å². The van der Waals surface area contributed by atoms with Crippen LogP contribution in [-0.4, -0.2) is 19.0 Å². The molecule has 0 atom stereocenters. The Morgan fingerprint density at radius 1 is 1.21 bits per heavy atom. The van der Waals surface area contributed by atoms with E-state index in [1.165, 1.54) is 24.8 Å². The quantitative estimate of drug-likeness (QED) is 0.891. The molecule has 0 unspecified atom stereocenters. The second-order valence-corrected chi connectivity index (χ2v) is 5.77. The summed E-state index contributed by atoms with van der Waals surface area (Å²) in [4.78, 5) is 11.4. The van der Waals surface area contributed by atoms with Crippen molar-refractivity contribution in [3.8, 4) is 0 Å². The van der Waals surface area contributed by atoms with Crippen molar-refractivity contribution in [2.24, 2.45) is 5.73 Å². The first kappa shape index (κ1) is 14.4. The summed E-state index contributed by atoms with van der Waals surface area (Å²) in [6.07, 6.45) is 5.92. The third kappa shape index (κ3) is 3.48. The number of carbonyl (C=O) groups excluding carboxylic acids is 1. The highest BCUT2D eigenvalue weighted by atomic mass is 35.5. The lowest BCUT2D eigenvalue weighted by Gasteiger charge is -2.38. The van der Waals surface area contributed by atoms with Crippen molar-refractivity contribution < 1.29 is 4.79 Å². The maximum absolute atomic E-state index is 11.4. The highest BCUT2D eigenvalue weighted by Gasteiger charge is 2.34. The molecule has 1 amide bonds. The average Bonchev–Trinajstić information content (AvgIpc) is 2.46. The number of amides is 1. The molecule has 0 bridgehead atoms. The molecular formula is C15H21ClN2O. The van der Waals surface area contributed by atoms with Crippen molar-refractivity contribution >= 4 is 17.5 Å². The zero-order valence-corrected chi connectivity index (χ0v) is 11.9. The van der Waals surface area contributed by atoms with Crippen LogP contribution in [0.5, 0.6) is 0 Å². The lowest BCUT2D eigenvalue weighted by molar-refractivity contribution is -0.120. The molecule has 0 aromatic heterocycles. The Balaban J connectivity index is 2.18. The van der Waals surface area contributed by atoms with Gasteiger partial charge in [0.15, 0.2) is 0 Å². The minimum absolute atomic E-state index is 0.0493. The van der Waals surface area contributed by atoms with Crippen molar-refractivity contribution in [3.05, 3.63) is 34.9 Å². The molecule has 0 spiro atoms. The first-order valence-electron chi connectivity index (χ1n) is 6.89. The monoisotopic (exact) mass is 280 g/mol. The van der Waals surface area contributed by atoms with E-state index in [9.17, 15) is 4.79 Å². The van der Waals surface area contributed by atoms with Gasteiger partial charge >= 0.3 is 0 Å².